The molecular formula is C24H26N2O3. The van der Waals surface area contributed by atoms with Gasteiger partial charge >= 0.3 is 0 Å². The first kappa shape index (κ1) is 20.5. The number of rotatable bonds is 7. The number of nitrogens with zero attached hydrogens (tertiary/aromatic N) is 1. The second-order valence-corrected chi connectivity index (χ2v) is 7.31. The molecule has 1 N–H and O–H groups in total. The van der Waals surface area contributed by atoms with Gasteiger partial charge in [-0.3, -0.25) is 4.79 Å². The third kappa shape index (κ3) is 5.61. The number of hydrogen-bond donors (Lipinski definition) is 1. The molecule has 150 valence electrons. The minimum Gasteiger partial charge on any atom is -0.493 e. The fraction of sp³-hybridized carbons (Fsp3) is 0.333. The van der Waals surface area contributed by atoms with Gasteiger partial charge in [0.15, 0.2) is 11.5 Å². The maximum absolute atomic E-state index is 12.4. The van der Waals surface area contributed by atoms with Crippen LogP contribution < -0.4 is 14.8 Å². The molecular weight excluding hydrogens is 364 g/mol. The van der Waals surface area contributed by atoms with Crippen LogP contribution in [0.4, 0.5) is 0 Å². The van der Waals surface area contributed by atoms with Crippen LogP contribution in [0.15, 0.2) is 48.0 Å². The highest BCUT2D eigenvalue weighted by atomic mass is 16.5. The Balaban J connectivity index is 1.70. The number of methoxy groups -OCH3 is 1. The van der Waals surface area contributed by atoms with Gasteiger partial charge in [0.1, 0.15) is 18.2 Å². The Morgan fingerprint density at radius 2 is 1.90 bits per heavy atom. The fourth-order valence-electron chi connectivity index (χ4n) is 3.39. The summed E-state index contributed by atoms with van der Waals surface area (Å²) in [5.41, 5.74) is 3.07. The number of nitrogens with one attached hydrogen (secondary N) is 1. The largest absolute Gasteiger partial charge is 0.493 e. The van der Waals surface area contributed by atoms with Gasteiger partial charge in [0.2, 0.25) is 0 Å². The molecule has 0 atom stereocenters. The molecule has 5 heteroatoms. The predicted molar refractivity (Wildman–Crippen MR) is 112 cm³/mol. The minimum atomic E-state index is -0.321. The van der Waals surface area contributed by atoms with Crippen molar-refractivity contribution in [2.75, 3.05) is 7.11 Å². The van der Waals surface area contributed by atoms with Crippen molar-refractivity contribution >= 4 is 12.0 Å². The van der Waals surface area contributed by atoms with Crippen LogP contribution in [0.3, 0.4) is 0 Å². The fourth-order valence-corrected chi connectivity index (χ4v) is 3.39. The van der Waals surface area contributed by atoms with Crippen molar-refractivity contribution in [2.24, 2.45) is 0 Å². The predicted octanol–water partition coefficient (Wildman–Crippen LogP) is 4.55. The summed E-state index contributed by atoms with van der Waals surface area (Å²) in [5, 5.41) is 12.4. The summed E-state index contributed by atoms with van der Waals surface area (Å²) in [4.78, 5) is 12.4. The molecule has 2 aromatic carbocycles. The smallest absolute Gasteiger partial charge is 0.262 e. The summed E-state index contributed by atoms with van der Waals surface area (Å²) in [6.45, 7) is 2.47. The van der Waals surface area contributed by atoms with Crippen LogP contribution in [0.5, 0.6) is 11.5 Å². The Kier molecular flexibility index (Phi) is 6.91. The molecule has 0 aromatic heterocycles. The van der Waals surface area contributed by atoms with E-state index < -0.39 is 0 Å². The van der Waals surface area contributed by atoms with Crippen LogP contribution in [-0.2, 0) is 11.4 Å². The molecule has 0 spiro atoms. The van der Waals surface area contributed by atoms with E-state index in [2.05, 4.69) is 5.32 Å². The van der Waals surface area contributed by atoms with Gasteiger partial charge in [0, 0.05) is 6.04 Å². The zero-order valence-electron chi connectivity index (χ0n) is 16.9. The van der Waals surface area contributed by atoms with E-state index in [1.165, 1.54) is 5.56 Å². The molecule has 0 aliphatic heterocycles. The van der Waals surface area contributed by atoms with Crippen molar-refractivity contribution in [3.8, 4) is 17.6 Å². The highest BCUT2D eigenvalue weighted by molar-refractivity contribution is 6.01. The molecule has 0 heterocycles. The van der Waals surface area contributed by atoms with Crippen molar-refractivity contribution in [1.82, 2.24) is 5.32 Å². The number of carbonyl (C=O) groups is 1. The molecule has 5 nitrogen and oxygen atoms in total. The first-order valence-electron chi connectivity index (χ1n) is 9.88. The molecule has 0 bridgehead atoms. The number of hydrogen-bond acceptors (Lipinski definition) is 4. The van der Waals surface area contributed by atoms with Crippen LogP contribution in [0.1, 0.15) is 42.4 Å². The second kappa shape index (κ2) is 9.79. The van der Waals surface area contributed by atoms with Gasteiger partial charge in [-0.05, 0) is 49.1 Å². The zero-order chi connectivity index (χ0) is 20.6. The maximum atomic E-state index is 12.4. The lowest BCUT2D eigenvalue weighted by Crippen LogP contribution is -2.33. The third-order valence-corrected chi connectivity index (χ3v) is 5.07. The number of benzene rings is 2. The maximum Gasteiger partial charge on any atom is 0.262 e. The highest BCUT2D eigenvalue weighted by Gasteiger charge is 2.19. The number of carbonyl (C=O) groups excluding carboxylic acids is 1. The Morgan fingerprint density at radius 3 is 2.55 bits per heavy atom. The number of aryl methyl sites for hydroxylation is 1. The van der Waals surface area contributed by atoms with Gasteiger partial charge in [0.05, 0.1) is 7.11 Å². The molecule has 3 rings (SSSR count). The molecule has 2 aromatic rings. The quantitative estimate of drug-likeness (QED) is 0.556. The van der Waals surface area contributed by atoms with Crippen molar-refractivity contribution < 1.29 is 14.3 Å². The van der Waals surface area contributed by atoms with Crippen molar-refractivity contribution in [1.29, 1.82) is 5.26 Å². The van der Waals surface area contributed by atoms with E-state index >= 15 is 0 Å². The van der Waals surface area contributed by atoms with E-state index in [1.54, 1.807) is 25.3 Å². The Morgan fingerprint density at radius 1 is 1.17 bits per heavy atom. The molecule has 0 radical (unpaired) electrons. The lowest BCUT2D eigenvalue weighted by atomic mass is 10.1. The highest BCUT2D eigenvalue weighted by Crippen LogP contribution is 2.30. The summed E-state index contributed by atoms with van der Waals surface area (Å²) in [6, 6.07) is 15.7. The van der Waals surface area contributed by atoms with Gasteiger partial charge < -0.3 is 14.8 Å². The van der Waals surface area contributed by atoms with Crippen LogP contribution in [0.25, 0.3) is 6.08 Å². The normalized spacial score (nSPS) is 14.3. The summed E-state index contributed by atoms with van der Waals surface area (Å²) >= 11 is 0. The molecule has 1 amide bonds. The standard InChI is InChI=1S/C24H26N2O3/c1-17-7-9-18(10-8-17)16-29-22-12-11-19(14-23(22)28-2)13-20(15-25)24(27)26-21-5-3-4-6-21/h7-14,21H,3-6,16H2,1-2H3,(H,26,27)/b20-13-. The van der Waals surface area contributed by atoms with Gasteiger partial charge in [0.25, 0.3) is 5.91 Å². The average molecular weight is 390 g/mol. The Labute approximate surface area is 172 Å². The van der Waals surface area contributed by atoms with Crippen molar-refractivity contribution in [3.63, 3.8) is 0 Å². The summed E-state index contributed by atoms with van der Waals surface area (Å²) in [5.74, 6) is 0.844. The van der Waals surface area contributed by atoms with E-state index in [-0.39, 0.29) is 17.5 Å². The van der Waals surface area contributed by atoms with Gasteiger partial charge in [-0.2, -0.15) is 5.26 Å². The van der Waals surface area contributed by atoms with Crippen LogP contribution in [-0.4, -0.2) is 19.1 Å². The number of amides is 1. The molecule has 1 fully saturated rings. The first-order chi connectivity index (χ1) is 14.1. The van der Waals surface area contributed by atoms with Crippen LogP contribution >= 0.6 is 0 Å². The van der Waals surface area contributed by atoms with E-state index in [0.29, 0.717) is 23.7 Å². The van der Waals surface area contributed by atoms with E-state index in [0.717, 1.165) is 31.2 Å². The lowest BCUT2D eigenvalue weighted by Gasteiger charge is -2.12. The molecule has 1 aliphatic rings. The summed E-state index contributed by atoms with van der Waals surface area (Å²) in [6.07, 6.45) is 5.78. The van der Waals surface area contributed by atoms with E-state index in [9.17, 15) is 10.1 Å². The third-order valence-electron chi connectivity index (χ3n) is 5.07. The zero-order valence-corrected chi connectivity index (χ0v) is 16.9. The van der Waals surface area contributed by atoms with Gasteiger partial charge in [-0.1, -0.05) is 48.7 Å². The Bertz CT molecular complexity index is 920. The van der Waals surface area contributed by atoms with Gasteiger partial charge in [-0.15, -0.1) is 0 Å². The minimum absolute atomic E-state index is 0.0901. The molecule has 0 unspecified atom stereocenters. The number of ether oxygens (including phenoxy) is 2. The topological polar surface area (TPSA) is 71.3 Å². The van der Waals surface area contributed by atoms with E-state index in [4.69, 9.17) is 9.47 Å². The van der Waals surface area contributed by atoms with E-state index in [1.807, 2.05) is 43.3 Å². The lowest BCUT2D eigenvalue weighted by molar-refractivity contribution is -0.117. The summed E-state index contributed by atoms with van der Waals surface area (Å²) in [7, 11) is 1.57. The van der Waals surface area contributed by atoms with Gasteiger partial charge in [-0.25, -0.2) is 0 Å². The molecule has 1 aliphatic carbocycles. The van der Waals surface area contributed by atoms with Crippen LogP contribution in [0, 0.1) is 18.3 Å². The van der Waals surface area contributed by atoms with Crippen LogP contribution in [0.2, 0.25) is 0 Å². The first-order valence-corrected chi connectivity index (χ1v) is 9.88. The second-order valence-electron chi connectivity index (χ2n) is 7.31. The van der Waals surface area contributed by atoms with Crippen molar-refractivity contribution in [3.05, 3.63) is 64.7 Å². The van der Waals surface area contributed by atoms with Crippen molar-refractivity contribution in [2.45, 2.75) is 45.3 Å². The SMILES string of the molecule is COc1cc(/C=C(/C#N)C(=O)NC2CCCC2)ccc1OCc1ccc(C)cc1. The average Bonchev–Trinajstić information content (AvgIpc) is 3.24. The monoisotopic (exact) mass is 390 g/mol. The Hall–Kier alpha value is -3.26. The molecule has 0 saturated heterocycles. The molecule has 1 saturated carbocycles. The number of nitriles is 1. The molecule has 29 heavy (non-hydrogen) atoms. The summed E-state index contributed by atoms with van der Waals surface area (Å²) < 4.78 is 11.3.